The number of nitrogens with one attached hydrogen (secondary N) is 1. The number of nitrogens with zero attached hydrogens (tertiary/aromatic N) is 5. The molecule has 8 nitrogen and oxygen atoms in total. The fraction of sp³-hybridized carbons (Fsp3) is 0.467. The summed E-state index contributed by atoms with van der Waals surface area (Å²) in [5.41, 5.74) is 1.32. The summed E-state index contributed by atoms with van der Waals surface area (Å²) in [6, 6.07) is 3.18. The SMILES string of the molecule is CCC(NC(=O)Cn1ncc(N(C)C)cc1=O)c1ccnn1C. The molecule has 2 aromatic heterocycles. The van der Waals surface area contributed by atoms with E-state index >= 15 is 0 Å². The number of amides is 1. The van der Waals surface area contributed by atoms with Crippen LogP contribution in [0.25, 0.3) is 0 Å². The molecule has 1 N–H and O–H groups in total. The highest BCUT2D eigenvalue weighted by atomic mass is 16.2. The van der Waals surface area contributed by atoms with Crippen molar-refractivity contribution in [1.82, 2.24) is 24.9 Å². The lowest BCUT2D eigenvalue weighted by Crippen LogP contribution is -2.36. The summed E-state index contributed by atoms with van der Waals surface area (Å²) < 4.78 is 2.88. The molecule has 1 unspecified atom stereocenters. The topological polar surface area (TPSA) is 85.1 Å². The van der Waals surface area contributed by atoms with Crippen molar-refractivity contribution in [2.24, 2.45) is 7.05 Å². The first-order valence-corrected chi connectivity index (χ1v) is 7.44. The predicted octanol–water partition coefficient (Wildman–Crippen LogP) is 0.310. The summed E-state index contributed by atoms with van der Waals surface area (Å²) >= 11 is 0. The number of aryl methyl sites for hydroxylation is 1. The molecule has 0 aliphatic rings. The Balaban J connectivity index is 2.07. The van der Waals surface area contributed by atoms with E-state index in [2.05, 4.69) is 15.5 Å². The van der Waals surface area contributed by atoms with Crippen molar-refractivity contribution < 1.29 is 4.79 Å². The number of anilines is 1. The molecular formula is C15H22N6O2. The van der Waals surface area contributed by atoms with Crippen molar-refractivity contribution in [3.8, 4) is 0 Å². The lowest BCUT2D eigenvalue weighted by Gasteiger charge is -2.17. The Hall–Kier alpha value is -2.64. The maximum absolute atomic E-state index is 12.2. The van der Waals surface area contributed by atoms with Crippen molar-refractivity contribution in [2.75, 3.05) is 19.0 Å². The third kappa shape index (κ3) is 3.97. The lowest BCUT2D eigenvalue weighted by atomic mass is 10.1. The number of rotatable bonds is 6. The van der Waals surface area contributed by atoms with E-state index in [1.54, 1.807) is 22.0 Å². The van der Waals surface area contributed by atoms with E-state index < -0.39 is 0 Å². The largest absolute Gasteiger partial charge is 0.376 e. The van der Waals surface area contributed by atoms with E-state index in [-0.39, 0.29) is 24.1 Å². The van der Waals surface area contributed by atoms with Crippen molar-refractivity contribution in [2.45, 2.75) is 25.9 Å². The Kier molecular flexibility index (Phi) is 5.15. The normalized spacial score (nSPS) is 12.0. The Morgan fingerprint density at radius 3 is 2.65 bits per heavy atom. The third-order valence-electron chi connectivity index (χ3n) is 3.62. The first-order chi connectivity index (χ1) is 10.9. The van der Waals surface area contributed by atoms with E-state index in [1.165, 1.54) is 6.07 Å². The summed E-state index contributed by atoms with van der Waals surface area (Å²) in [5, 5.41) is 11.1. The molecule has 1 atom stereocenters. The zero-order valence-electron chi connectivity index (χ0n) is 13.9. The molecule has 0 saturated carbocycles. The molecule has 0 bridgehead atoms. The summed E-state index contributed by atoms with van der Waals surface area (Å²) in [6.07, 6.45) is 3.98. The minimum atomic E-state index is -0.306. The molecule has 0 fully saturated rings. The predicted molar refractivity (Wildman–Crippen MR) is 87.2 cm³/mol. The van der Waals surface area contributed by atoms with Crippen LogP contribution in [-0.2, 0) is 18.4 Å². The van der Waals surface area contributed by atoms with Gasteiger partial charge in [-0.25, -0.2) is 4.68 Å². The summed E-state index contributed by atoms with van der Waals surface area (Å²) in [5.74, 6) is -0.259. The molecule has 8 heteroatoms. The van der Waals surface area contributed by atoms with Gasteiger partial charge in [0.1, 0.15) is 6.54 Å². The Morgan fingerprint density at radius 2 is 2.13 bits per heavy atom. The highest BCUT2D eigenvalue weighted by molar-refractivity contribution is 5.76. The maximum atomic E-state index is 12.2. The highest BCUT2D eigenvalue weighted by Gasteiger charge is 2.16. The van der Waals surface area contributed by atoms with Crippen LogP contribution in [0.2, 0.25) is 0 Å². The Bertz CT molecular complexity index is 734. The number of carbonyl (C=O) groups is 1. The molecule has 2 aromatic rings. The van der Waals surface area contributed by atoms with Gasteiger partial charge in [0.25, 0.3) is 5.56 Å². The van der Waals surface area contributed by atoms with Gasteiger partial charge in [-0.3, -0.25) is 14.3 Å². The van der Waals surface area contributed by atoms with Crippen molar-refractivity contribution in [1.29, 1.82) is 0 Å². The second-order valence-corrected chi connectivity index (χ2v) is 5.51. The van der Waals surface area contributed by atoms with Crippen LogP contribution < -0.4 is 15.8 Å². The molecule has 0 aliphatic carbocycles. The maximum Gasteiger partial charge on any atom is 0.269 e. The van der Waals surface area contributed by atoms with Crippen LogP contribution in [0.1, 0.15) is 25.1 Å². The summed E-state index contributed by atoms with van der Waals surface area (Å²) in [4.78, 5) is 26.0. The number of hydrogen-bond acceptors (Lipinski definition) is 5. The fourth-order valence-electron chi connectivity index (χ4n) is 2.27. The van der Waals surface area contributed by atoms with Gasteiger partial charge in [-0.05, 0) is 12.5 Å². The van der Waals surface area contributed by atoms with Crippen LogP contribution in [0.15, 0.2) is 29.3 Å². The lowest BCUT2D eigenvalue weighted by molar-refractivity contribution is -0.122. The van der Waals surface area contributed by atoms with E-state index in [1.807, 2.05) is 34.1 Å². The van der Waals surface area contributed by atoms with Crippen LogP contribution >= 0.6 is 0 Å². The van der Waals surface area contributed by atoms with Crippen LogP contribution in [0.3, 0.4) is 0 Å². The van der Waals surface area contributed by atoms with Crippen LogP contribution in [0.4, 0.5) is 5.69 Å². The fourth-order valence-corrected chi connectivity index (χ4v) is 2.27. The molecule has 0 aliphatic heterocycles. The first kappa shape index (κ1) is 16.7. The zero-order valence-corrected chi connectivity index (χ0v) is 13.9. The second kappa shape index (κ2) is 7.08. The zero-order chi connectivity index (χ0) is 17.0. The van der Waals surface area contributed by atoms with Crippen LogP contribution in [-0.4, -0.2) is 39.6 Å². The van der Waals surface area contributed by atoms with Gasteiger partial charge in [-0.15, -0.1) is 0 Å². The molecule has 0 aromatic carbocycles. The summed E-state index contributed by atoms with van der Waals surface area (Å²) in [6.45, 7) is 1.87. The molecule has 2 heterocycles. The highest BCUT2D eigenvalue weighted by Crippen LogP contribution is 2.14. The van der Waals surface area contributed by atoms with E-state index in [4.69, 9.17) is 0 Å². The van der Waals surface area contributed by atoms with Gasteiger partial charge in [0.05, 0.1) is 23.6 Å². The smallest absolute Gasteiger partial charge is 0.269 e. The monoisotopic (exact) mass is 318 g/mol. The van der Waals surface area contributed by atoms with Gasteiger partial charge in [0, 0.05) is 33.4 Å². The standard InChI is InChI=1S/C15H22N6O2/c1-5-12(13-6-7-16-20(13)4)18-14(22)10-21-15(23)8-11(9-17-21)19(2)3/h6-9,12H,5,10H2,1-4H3,(H,18,22). The number of hydrogen-bond donors (Lipinski definition) is 1. The third-order valence-corrected chi connectivity index (χ3v) is 3.62. The summed E-state index contributed by atoms with van der Waals surface area (Å²) in [7, 11) is 5.48. The van der Waals surface area contributed by atoms with Gasteiger partial charge in [-0.1, -0.05) is 6.92 Å². The van der Waals surface area contributed by atoms with Gasteiger partial charge in [0.15, 0.2) is 0 Å². The average molecular weight is 318 g/mol. The van der Waals surface area contributed by atoms with Gasteiger partial charge in [-0.2, -0.15) is 10.2 Å². The van der Waals surface area contributed by atoms with Gasteiger partial charge in [0.2, 0.25) is 5.91 Å². The molecule has 23 heavy (non-hydrogen) atoms. The molecule has 0 spiro atoms. The first-order valence-electron chi connectivity index (χ1n) is 7.44. The molecule has 1 amide bonds. The van der Waals surface area contributed by atoms with Crippen molar-refractivity contribution >= 4 is 11.6 Å². The van der Waals surface area contributed by atoms with Crippen LogP contribution in [0.5, 0.6) is 0 Å². The van der Waals surface area contributed by atoms with Gasteiger partial charge >= 0.3 is 0 Å². The van der Waals surface area contributed by atoms with Crippen LogP contribution in [0, 0.1) is 0 Å². The molecule has 0 saturated heterocycles. The molecule has 0 radical (unpaired) electrons. The Labute approximate surface area is 134 Å². The molecule has 2 rings (SSSR count). The van der Waals surface area contributed by atoms with Crippen molar-refractivity contribution in [3.63, 3.8) is 0 Å². The van der Waals surface area contributed by atoms with E-state index in [0.717, 1.165) is 16.8 Å². The van der Waals surface area contributed by atoms with E-state index in [0.29, 0.717) is 5.69 Å². The molecule has 124 valence electrons. The number of carbonyl (C=O) groups excluding carboxylic acids is 1. The minimum Gasteiger partial charge on any atom is -0.376 e. The quantitative estimate of drug-likeness (QED) is 0.828. The minimum absolute atomic E-state index is 0.110. The van der Waals surface area contributed by atoms with Gasteiger partial charge < -0.3 is 10.2 Å². The number of aromatic nitrogens is 4. The second-order valence-electron chi connectivity index (χ2n) is 5.51. The molecular weight excluding hydrogens is 296 g/mol. The van der Waals surface area contributed by atoms with Crippen molar-refractivity contribution in [3.05, 3.63) is 40.6 Å². The average Bonchev–Trinajstić information content (AvgIpc) is 2.92. The van der Waals surface area contributed by atoms with E-state index in [9.17, 15) is 9.59 Å². The Morgan fingerprint density at radius 1 is 1.39 bits per heavy atom.